The summed E-state index contributed by atoms with van der Waals surface area (Å²) < 4.78 is 94.2. The molecule has 0 saturated heterocycles. The van der Waals surface area contributed by atoms with Crippen molar-refractivity contribution in [2.24, 2.45) is 0 Å². The Morgan fingerprint density at radius 1 is 1.04 bits per heavy atom. The summed E-state index contributed by atoms with van der Waals surface area (Å²) in [6.45, 7) is 0. The zero-order valence-electron chi connectivity index (χ0n) is 12.4. The second kappa shape index (κ2) is 5.34. The molecule has 10 heteroatoms. The number of hydrogen-bond donors (Lipinski definition) is 1. The van der Waals surface area contributed by atoms with Crippen LogP contribution in [-0.4, -0.2) is 26.7 Å². The van der Waals surface area contributed by atoms with Crippen molar-refractivity contribution in [2.75, 3.05) is 0 Å². The fraction of sp³-hybridized carbons (Fsp3) is 0.786. The van der Waals surface area contributed by atoms with Gasteiger partial charge in [0.1, 0.15) is 6.10 Å². The van der Waals surface area contributed by atoms with E-state index in [9.17, 15) is 35.8 Å². The van der Waals surface area contributed by atoms with Gasteiger partial charge in [-0.25, -0.2) is 17.6 Å². The molecule has 1 N–H and O–H groups in total. The fourth-order valence-electron chi connectivity index (χ4n) is 3.43. The number of fused-ring (bicyclic) bond motifs is 1. The highest BCUT2D eigenvalue weighted by molar-refractivity contribution is 5.35. The van der Waals surface area contributed by atoms with Gasteiger partial charge in [-0.2, -0.15) is 18.3 Å². The third kappa shape index (κ3) is 2.89. The fourth-order valence-corrected chi connectivity index (χ4v) is 3.43. The monoisotopic (exact) mass is 360 g/mol. The summed E-state index contributed by atoms with van der Waals surface area (Å²) in [5.41, 5.74) is -2.60. The summed E-state index contributed by atoms with van der Waals surface area (Å²) in [6.07, 6.45) is -9.99. The molecule has 1 aromatic rings. The summed E-state index contributed by atoms with van der Waals surface area (Å²) in [6, 6.07) is -0.714. The number of aromatic nitrogens is 2. The maximum Gasteiger partial charge on any atom is 0.435 e. The van der Waals surface area contributed by atoms with Crippen LogP contribution >= 0.6 is 0 Å². The molecule has 24 heavy (non-hydrogen) atoms. The van der Waals surface area contributed by atoms with E-state index in [4.69, 9.17) is 0 Å². The van der Waals surface area contributed by atoms with Gasteiger partial charge in [-0.3, -0.25) is 4.68 Å². The van der Waals surface area contributed by atoms with Gasteiger partial charge in [-0.15, -0.1) is 0 Å². The Morgan fingerprint density at radius 3 is 2.17 bits per heavy atom. The molecular formula is C14H15F7N2O. The standard InChI is InChI=1S/C14H15F7N2O/c15-12(16)4-1-7(2-5-12)23-8-3-6-13(17,18)11(24)9(8)10(22-23)14(19,20)21/h7,11,24H,1-6H2/t11-/m0/s1. The van der Waals surface area contributed by atoms with E-state index in [2.05, 4.69) is 5.10 Å². The first-order valence-corrected chi connectivity index (χ1v) is 7.54. The lowest BCUT2D eigenvalue weighted by Gasteiger charge is -2.32. The first-order valence-electron chi connectivity index (χ1n) is 7.54. The molecule has 3 rings (SSSR count). The Morgan fingerprint density at radius 2 is 1.62 bits per heavy atom. The maximum atomic E-state index is 13.6. The minimum absolute atomic E-state index is 0.0924. The number of nitrogens with zero attached hydrogens (tertiary/aromatic N) is 2. The lowest BCUT2D eigenvalue weighted by Crippen LogP contribution is -2.34. The number of halogens is 7. The Balaban J connectivity index is 2.04. The van der Waals surface area contributed by atoms with Crippen LogP contribution in [0.5, 0.6) is 0 Å². The molecule has 2 aliphatic carbocycles. The minimum Gasteiger partial charge on any atom is -0.382 e. The topological polar surface area (TPSA) is 38.1 Å². The van der Waals surface area contributed by atoms with Crippen LogP contribution in [0.25, 0.3) is 0 Å². The highest BCUT2D eigenvalue weighted by Crippen LogP contribution is 2.48. The van der Waals surface area contributed by atoms with Crippen LogP contribution in [0.4, 0.5) is 30.7 Å². The van der Waals surface area contributed by atoms with Crippen LogP contribution in [0.3, 0.4) is 0 Å². The molecule has 1 aromatic heterocycles. The van der Waals surface area contributed by atoms with E-state index in [0.717, 1.165) is 4.68 Å². The second-order valence-corrected chi connectivity index (χ2v) is 6.40. The number of aliphatic hydroxyl groups excluding tert-OH is 1. The van der Waals surface area contributed by atoms with Crippen LogP contribution in [0.15, 0.2) is 0 Å². The largest absolute Gasteiger partial charge is 0.435 e. The molecule has 1 saturated carbocycles. The number of rotatable bonds is 1. The van der Waals surface area contributed by atoms with E-state index >= 15 is 0 Å². The highest BCUT2D eigenvalue weighted by Gasteiger charge is 2.52. The molecule has 0 bridgehead atoms. The van der Waals surface area contributed by atoms with Gasteiger partial charge in [0.15, 0.2) is 5.69 Å². The van der Waals surface area contributed by atoms with E-state index in [1.165, 1.54) is 0 Å². The lowest BCUT2D eigenvalue weighted by molar-refractivity contribution is -0.150. The van der Waals surface area contributed by atoms with Crippen LogP contribution < -0.4 is 0 Å². The first-order chi connectivity index (χ1) is 10.9. The van der Waals surface area contributed by atoms with E-state index < -0.39 is 67.1 Å². The number of aliphatic hydroxyl groups is 1. The number of hydrogen-bond acceptors (Lipinski definition) is 2. The van der Waals surface area contributed by atoms with E-state index in [1.807, 2.05) is 0 Å². The van der Waals surface area contributed by atoms with Gasteiger partial charge in [0.05, 0.1) is 6.04 Å². The summed E-state index contributed by atoms with van der Waals surface area (Å²) in [5, 5.41) is 13.1. The van der Waals surface area contributed by atoms with Gasteiger partial charge in [-0.1, -0.05) is 0 Å². The summed E-state index contributed by atoms with van der Waals surface area (Å²) in [5.74, 6) is -6.55. The van der Waals surface area contributed by atoms with Crippen molar-refractivity contribution in [3.8, 4) is 0 Å². The van der Waals surface area contributed by atoms with Crippen molar-refractivity contribution >= 4 is 0 Å². The summed E-state index contributed by atoms with van der Waals surface area (Å²) >= 11 is 0. The van der Waals surface area contributed by atoms with Gasteiger partial charge in [0.2, 0.25) is 5.92 Å². The molecule has 2 aliphatic rings. The van der Waals surface area contributed by atoms with E-state index in [1.54, 1.807) is 0 Å². The van der Waals surface area contributed by atoms with E-state index in [0.29, 0.717) is 0 Å². The minimum atomic E-state index is -5.01. The first kappa shape index (κ1) is 17.5. The Labute approximate surface area is 132 Å². The van der Waals surface area contributed by atoms with Crippen molar-refractivity contribution in [3.05, 3.63) is 17.0 Å². The normalized spacial score (nSPS) is 27.1. The lowest BCUT2D eigenvalue weighted by atomic mass is 9.88. The van der Waals surface area contributed by atoms with Crippen LogP contribution in [-0.2, 0) is 12.6 Å². The molecule has 0 aliphatic heterocycles. The molecule has 0 aromatic carbocycles. The Bertz CT molecular complexity index is 628. The molecule has 1 fully saturated rings. The molecule has 3 nitrogen and oxygen atoms in total. The smallest absolute Gasteiger partial charge is 0.382 e. The van der Waals surface area contributed by atoms with Crippen LogP contribution in [0.2, 0.25) is 0 Å². The van der Waals surface area contributed by atoms with Gasteiger partial charge in [0, 0.05) is 30.5 Å². The highest BCUT2D eigenvalue weighted by atomic mass is 19.4. The Kier molecular flexibility index (Phi) is 3.89. The van der Waals surface area contributed by atoms with Crippen molar-refractivity contribution < 1.29 is 35.8 Å². The molecule has 1 atom stereocenters. The quantitative estimate of drug-likeness (QED) is 0.760. The second-order valence-electron chi connectivity index (χ2n) is 6.40. The van der Waals surface area contributed by atoms with Crippen molar-refractivity contribution in [1.29, 1.82) is 0 Å². The van der Waals surface area contributed by atoms with Crippen LogP contribution in [0.1, 0.15) is 61.2 Å². The van der Waals surface area contributed by atoms with Gasteiger partial charge < -0.3 is 5.11 Å². The van der Waals surface area contributed by atoms with Gasteiger partial charge >= 0.3 is 6.18 Å². The predicted octanol–water partition coefficient (Wildman–Crippen LogP) is 4.27. The molecule has 0 unspecified atom stereocenters. The SMILES string of the molecule is O[C@H]1c2c(C(F)(F)F)nn(C3CCC(F)(F)CC3)c2CCC1(F)F. The molecule has 136 valence electrons. The molecule has 0 amide bonds. The molecule has 0 spiro atoms. The third-order valence-electron chi connectivity index (χ3n) is 4.72. The van der Waals surface area contributed by atoms with Crippen molar-refractivity contribution in [1.82, 2.24) is 9.78 Å². The van der Waals surface area contributed by atoms with Crippen molar-refractivity contribution in [3.63, 3.8) is 0 Å². The molecular weight excluding hydrogens is 345 g/mol. The summed E-state index contributed by atoms with van der Waals surface area (Å²) in [4.78, 5) is 0. The third-order valence-corrected chi connectivity index (χ3v) is 4.72. The number of alkyl halides is 7. The zero-order chi connectivity index (χ0) is 17.9. The Hall–Kier alpha value is -1.32. The van der Waals surface area contributed by atoms with Crippen LogP contribution in [0, 0.1) is 0 Å². The molecule has 0 radical (unpaired) electrons. The van der Waals surface area contributed by atoms with Crippen molar-refractivity contribution in [2.45, 2.75) is 68.7 Å². The summed E-state index contributed by atoms with van der Waals surface area (Å²) in [7, 11) is 0. The van der Waals surface area contributed by atoms with E-state index in [-0.39, 0.29) is 18.5 Å². The average Bonchev–Trinajstić information content (AvgIpc) is 2.83. The van der Waals surface area contributed by atoms with Gasteiger partial charge in [-0.05, 0) is 19.3 Å². The zero-order valence-corrected chi connectivity index (χ0v) is 12.4. The predicted molar refractivity (Wildman–Crippen MR) is 67.9 cm³/mol. The van der Waals surface area contributed by atoms with Gasteiger partial charge in [0.25, 0.3) is 5.92 Å². The average molecular weight is 360 g/mol. The maximum absolute atomic E-state index is 13.6. The molecule has 1 heterocycles.